The monoisotopic (exact) mass is 305 g/mol. The van der Waals surface area contributed by atoms with Crippen LogP contribution in [0.5, 0.6) is 0 Å². The second kappa shape index (κ2) is 6.41. The molecule has 1 amide bonds. The first kappa shape index (κ1) is 15.1. The number of nitrogens with zero attached hydrogens (tertiary/aromatic N) is 1. The Bertz CT molecular complexity index is 683. The molecule has 2 aromatic rings. The highest BCUT2D eigenvalue weighted by atomic mass is 32.1. The molecule has 0 spiro atoms. The molecular weight excluding hydrogens is 290 g/mol. The summed E-state index contributed by atoms with van der Waals surface area (Å²) in [4.78, 5) is 25.1. The third-order valence-electron chi connectivity index (χ3n) is 2.98. The molecule has 2 aromatic heterocycles. The van der Waals surface area contributed by atoms with Gasteiger partial charge >= 0.3 is 5.97 Å². The molecule has 6 heteroatoms. The minimum Gasteiger partial charge on any atom is -0.478 e. The average molecular weight is 305 g/mol. The molecule has 0 saturated carbocycles. The molecule has 0 aliphatic heterocycles. The molecule has 0 unspecified atom stereocenters. The van der Waals surface area contributed by atoms with Gasteiger partial charge in [0.05, 0.1) is 11.8 Å². The summed E-state index contributed by atoms with van der Waals surface area (Å²) in [6.07, 6.45) is 4.13. The van der Waals surface area contributed by atoms with Crippen LogP contribution in [0.2, 0.25) is 0 Å². The van der Waals surface area contributed by atoms with Gasteiger partial charge in [-0.05, 0) is 25.1 Å². The van der Waals surface area contributed by atoms with Gasteiger partial charge in [-0.15, -0.1) is 11.3 Å². The van der Waals surface area contributed by atoms with E-state index in [2.05, 4.69) is 0 Å². The van der Waals surface area contributed by atoms with Gasteiger partial charge in [0.25, 0.3) is 5.91 Å². The van der Waals surface area contributed by atoms with E-state index in [0.29, 0.717) is 12.1 Å². The van der Waals surface area contributed by atoms with E-state index < -0.39 is 5.97 Å². The van der Waals surface area contributed by atoms with E-state index >= 15 is 0 Å². The van der Waals surface area contributed by atoms with Gasteiger partial charge in [-0.1, -0.05) is 0 Å². The van der Waals surface area contributed by atoms with Crippen molar-refractivity contribution in [3.05, 3.63) is 51.6 Å². The Labute approximate surface area is 126 Å². The molecule has 0 atom stereocenters. The molecule has 110 valence electrons. The zero-order chi connectivity index (χ0) is 15.4. The van der Waals surface area contributed by atoms with Crippen LogP contribution in [0, 0.1) is 6.92 Å². The van der Waals surface area contributed by atoms with Gasteiger partial charge in [0.1, 0.15) is 5.76 Å². The maximum atomic E-state index is 12.3. The Balaban J connectivity index is 2.06. The standard InChI is InChI=1S/C15H15NO4S/c1-10-11(5-6-20-10)8-16(2)15(19)12-7-13(21-9-12)3-4-14(17)18/h3-7,9H,8H2,1-2H3,(H,17,18). The minimum atomic E-state index is -1.01. The first-order valence-corrected chi connectivity index (χ1v) is 7.13. The number of aryl methyl sites for hydroxylation is 1. The Kier molecular flexibility index (Phi) is 4.59. The molecule has 2 heterocycles. The molecule has 21 heavy (non-hydrogen) atoms. The number of carbonyl (C=O) groups excluding carboxylic acids is 1. The second-order valence-corrected chi connectivity index (χ2v) is 5.52. The number of furan rings is 1. The Morgan fingerprint density at radius 2 is 2.24 bits per heavy atom. The Morgan fingerprint density at radius 3 is 2.86 bits per heavy atom. The van der Waals surface area contributed by atoms with Gasteiger partial charge in [0.15, 0.2) is 0 Å². The van der Waals surface area contributed by atoms with Gasteiger partial charge in [0, 0.05) is 35.5 Å². The molecule has 0 aliphatic rings. The quantitative estimate of drug-likeness (QED) is 0.862. The summed E-state index contributed by atoms with van der Waals surface area (Å²) < 4.78 is 5.21. The smallest absolute Gasteiger partial charge is 0.328 e. The fourth-order valence-electron chi connectivity index (χ4n) is 1.83. The highest BCUT2D eigenvalue weighted by Crippen LogP contribution is 2.19. The number of hydrogen-bond acceptors (Lipinski definition) is 4. The summed E-state index contributed by atoms with van der Waals surface area (Å²) in [7, 11) is 1.72. The van der Waals surface area contributed by atoms with Crippen LogP contribution in [-0.4, -0.2) is 28.9 Å². The van der Waals surface area contributed by atoms with Gasteiger partial charge in [-0.2, -0.15) is 0 Å². The number of carboxylic acid groups (broad SMARTS) is 1. The number of carboxylic acids is 1. The second-order valence-electron chi connectivity index (χ2n) is 4.57. The van der Waals surface area contributed by atoms with Crippen molar-refractivity contribution in [2.24, 2.45) is 0 Å². The maximum absolute atomic E-state index is 12.3. The normalized spacial score (nSPS) is 11.0. The predicted octanol–water partition coefficient (Wildman–Crippen LogP) is 3.02. The van der Waals surface area contributed by atoms with Crippen LogP contribution in [0.1, 0.15) is 26.6 Å². The van der Waals surface area contributed by atoms with Crippen molar-refractivity contribution in [1.29, 1.82) is 0 Å². The lowest BCUT2D eigenvalue weighted by atomic mass is 10.2. The van der Waals surface area contributed by atoms with E-state index in [1.165, 1.54) is 17.4 Å². The average Bonchev–Trinajstić information content (AvgIpc) is 3.05. The molecule has 0 aliphatic carbocycles. The first-order valence-electron chi connectivity index (χ1n) is 6.25. The summed E-state index contributed by atoms with van der Waals surface area (Å²) in [6, 6.07) is 3.53. The minimum absolute atomic E-state index is 0.109. The van der Waals surface area contributed by atoms with Crippen LogP contribution >= 0.6 is 11.3 Å². The van der Waals surface area contributed by atoms with E-state index in [4.69, 9.17) is 9.52 Å². The number of hydrogen-bond donors (Lipinski definition) is 1. The van der Waals surface area contributed by atoms with Crippen molar-refractivity contribution < 1.29 is 19.1 Å². The van der Waals surface area contributed by atoms with Gasteiger partial charge in [0.2, 0.25) is 0 Å². The summed E-state index contributed by atoms with van der Waals surface area (Å²) in [5.74, 6) is -0.323. The van der Waals surface area contributed by atoms with Crippen LogP contribution in [0.3, 0.4) is 0 Å². The summed E-state index contributed by atoms with van der Waals surface area (Å²) >= 11 is 1.33. The third-order valence-corrected chi connectivity index (χ3v) is 3.88. The van der Waals surface area contributed by atoms with Crippen molar-refractivity contribution >= 4 is 29.3 Å². The summed E-state index contributed by atoms with van der Waals surface area (Å²) in [5, 5.41) is 10.3. The fourth-order valence-corrected chi connectivity index (χ4v) is 2.60. The van der Waals surface area contributed by atoms with Crippen LogP contribution in [0.25, 0.3) is 6.08 Å². The van der Waals surface area contributed by atoms with Crippen molar-refractivity contribution in [2.45, 2.75) is 13.5 Å². The summed E-state index contributed by atoms with van der Waals surface area (Å²) in [6.45, 7) is 2.32. The number of thiophene rings is 1. The molecule has 0 radical (unpaired) electrons. The number of amides is 1. The molecule has 0 aromatic carbocycles. The van der Waals surface area contributed by atoms with Crippen molar-refractivity contribution in [3.63, 3.8) is 0 Å². The number of aliphatic carboxylic acids is 1. The lowest BCUT2D eigenvalue weighted by Crippen LogP contribution is -2.25. The number of carbonyl (C=O) groups is 2. The van der Waals surface area contributed by atoms with Crippen molar-refractivity contribution in [3.8, 4) is 0 Å². The Hall–Kier alpha value is -2.34. The zero-order valence-electron chi connectivity index (χ0n) is 11.7. The Morgan fingerprint density at radius 1 is 1.48 bits per heavy atom. The number of rotatable bonds is 5. The highest BCUT2D eigenvalue weighted by molar-refractivity contribution is 7.11. The van der Waals surface area contributed by atoms with E-state index in [9.17, 15) is 9.59 Å². The van der Waals surface area contributed by atoms with Crippen LogP contribution in [0.15, 0.2) is 34.3 Å². The van der Waals surface area contributed by atoms with Gasteiger partial charge in [-0.3, -0.25) is 4.79 Å². The lowest BCUT2D eigenvalue weighted by Gasteiger charge is -2.15. The van der Waals surface area contributed by atoms with Crippen LogP contribution < -0.4 is 0 Å². The fraction of sp³-hybridized carbons (Fsp3) is 0.200. The predicted molar refractivity (Wildman–Crippen MR) is 80.2 cm³/mol. The van der Waals surface area contributed by atoms with E-state index in [0.717, 1.165) is 22.3 Å². The van der Waals surface area contributed by atoms with Crippen molar-refractivity contribution in [2.75, 3.05) is 7.05 Å². The topological polar surface area (TPSA) is 70.8 Å². The van der Waals surface area contributed by atoms with Gasteiger partial charge < -0.3 is 14.4 Å². The molecular formula is C15H15NO4S. The van der Waals surface area contributed by atoms with Crippen LogP contribution in [-0.2, 0) is 11.3 Å². The first-order chi connectivity index (χ1) is 9.97. The highest BCUT2D eigenvalue weighted by Gasteiger charge is 2.15. The van der Waals surface area contributed by atoms with E-state index in [1.54, 1.807) is 29.7 Å². The third kappa shape index (κ3) is 3.82. The molecule has 1 N–H and O–H groups in total. The molecule has 0 bridgehead atoms. The molecule has 5 nitrogen and oxygen atoms in total. The lowest BCUT2D eigenvalue weighted by molar-refractivity contribution is -0.131. The zero-order valence-corrected chi connectivity index (χ0v) is 12.5. The molecule has 0 fully saturated rings. The SMILES string of the molecule is Cc1occc1CN(C)C(=O)c1csc(C=CC(=O)O)c1. The van der Waals surface area contributed by atoms with Gasteiger partial charge in [-0.25, -0.2) is 4.79 Å². The van der Waals surface area contributed by atoms with E-state index in [-0.39, 0.29) is 5.91 Å². The van der Waals surface area contributed by atoms with Crippen molar-refractivity contribution in [1.82, 2.24) is 4.90 Å². The molecule has 2 rings (SSSR count). The molecule has 0 saturated heterocycles. The maximum Gasteiger partial charge on any atom is 0.328 e. The largest absolute Gasteiger partial charge is 0.478 e. The van der Waals surface area contributed by atoms with E-state index in [1.807, 2.05) is 13.0 Å². The van der Waals surface area contributed by atoms with Crippen LogP contribution in [0.4, 0.5) is 0 Å². The summed E-state index contributed by atoms with van der Waals surface area (Å²) in [5.41, 5.74) is 1.51.